The van der Waals surface area contributed by atoms with Crippen LogP contribution in [-0.4, -0.2) is 75.0 Å². The molecule has 0 atom stereocenters. The number of hydrogen-bond acceptors (Lipinski definition) is 4. The van der Waals surface area contributed by atoms with Crippen LogP contribution in [0.4, 0.5) is 10.1 Å². The first kappa shape index (κ1) is 19.6. The fourth-order valence-electron chi connectivity index (χ4n) is 3.59. The molecule has 0 spiro atoms. The standard InChI is InChI=1S/C20H29FN4O2/c1-23(2)11-5-10-22-18(26)20(8-9-20)19(27)25-14-12-24(13-15-25)17-7-4-3-6-16(17)21/h3-4,6-7H,5,8-15H2,1-2H3,(H,22,26). The Morgan fingerprint density at radius 3 is 2.41 bits per heavy atom. The highest BCUT2D eigenvalue weighted by atomic mass is 19.1. The van der Waals surface area contributed by atoms with Crippen LogP contribution in [0.5, 0.6) is 0 Å². The number of para-hydroxylation sites is 1. The molecule has 27 heavy (non-hydrogen) atoms. The van der Waals surface area contributed by atoms with Crippen molar-refractivity contribution in [3.05, 3.63) is 30.1 Å². The predicted molar refractivity (Wildman–Crippen MR) is 103 cm³/mol. The van der Waals surface area contributed by atoms with Gasteiger partial charge in [0.2, 0.25) is 11.8 Å². The maximum atomic E-state index is 14.0. The van der Waals surface area contributed by atoms with Crippen LogP contribution >= 0.6 is 0 Å². The molecular weight excluding hydrogens is 347 g/mol. The van der Waals surface area contributed by atoms with E-state index in [1.807, 2.05) is 25.1 Å². The molecule has 0 unspecified atom stereocenters. The van der Waals surface area contributed by atoms with Gasteiger partial charge in [-0.15, -0.1) is 0 Å². The zero-order valence-corrected chi connectivity index (χ0v) is 16.2. The van der Waals surface area contributed by atoms with Crippen LogP contribution in [0.2, 0.25) is 0 Å². The molecule has 1 saturated heterocycles. The van der Waals surface area contributed by atoms with Crippen LogP contribution < -0.4 is 10.2 Å². The Bertz CT molecular complexity index is 682. The molecule has 3 rings (SSSR count). The molecule has 2 amide bonds. The summed E-state index contributed by atoms with van der Waals surface area (Å²) in [5.41, 5.74) is -0.289. The van der Waals surface area contributed by atoms with Gasteiger partial charge >= 0.3 is 0 Å². The van der Waals surface area contributed by atoms with Gasteiger partial charge in [0.25, 0.3) is 0 Å². The summed E-state index contributed by atoms with van der Waals surface area (Å²) in [6.07, 6.45) is 2.11. The Morgan fingerprint density at radius 2 is 1.81 bits per heavy atom. The van der Waals surface area contributed by atoms with E-state index < -0.39 is 5.41 Å². The van der Waals surface area contributed by atoms with Gasteiger partial charge in [0.1, 0.15) is 11.2 Å². The second kappa shape index (κ2) is 8.25. The maximum absolute atomic E-state index is 14.0. The summed E-state index contributed by atoms with van der Waals surface area (Å²) < 4.78 is 14.0. The third-order valence-corrected chi connectivity index (χ3v) is 5.42. The van der Waals surface area contributed by atoms with Crippen molar-refractivity contribution in [2.24, 2.45) is 5.41 Å². The second-order valence-corrected chi connectivity index (χ2v) is 7.73. The van der Waals surface area contributed by atoms with Gasteiger partial charge in [0.05, 0.1) is 5.69 Å². The molecule has 1 aromatic carbocycles. The van der Waals surface area contributed by atoms with Crippen LogP contribution in [0.15, 0.2) is 24.3 Å². The monoisotopic (exact) mass is 376 g/mol. The minimum absolute atomic E-state index is 0.0687. The summed E-state index contributed by atoms with van der Waals surface area (Å²) in [5, 5.41) is 2.93. The third-order valence-electron chi connectivity index (χ3n) is 5.42. The Kier molecular flexibility index (Phi) is 5.99. The maximum Gasteiger partial charge on any atom is 0.238 e. The first-order chi connectivity index (χ1) is 12.9. The minimum Gasteiger partial charge on any atom is -0.366 e. The number of carbonyl (C=O) groups is 2. The van der Waals surface area contributed by atoms with E-state index in [9.17, 15) is 14.0 Å². The number of rotatable bonds is 7. The number of nitrogens with zero attached hydrogens (tertiary/aromatic N) is 3. The number of nitrogens with one attached hydrogen (secondary N) is 1. The van der Waals surface area contributed by atoms with E-state index in [1.54, 1.807) is 17.0 Å². The molecule has 1 heterocycles. The summed E-state index contributed by atoms with van der Waals surface area (Å²) in [6.45, 7) is 3.68. The molecule has 0 radical (unpaired) electrons. The quantitative estimate of drug-likeness (QED) is 0.576. The Balaban J connectivity index is 1.51. The zero-order chi connectivity index (χ0) is 19.4. The summed E-state index contributed by atoms with van der Waals surface area (Å²) in [6, 6.07) is 6.70. The average Bonchev–Trinajstić information content (AvgIpc) is 3.47. The number of carbonyl (C=O) groups excluding carboxylic acids is 2. The van der Waals surface area contributed by atoms with Crippen molar-refractivity contribution in [3.8, 4) is 0 Å². The normalized spacial score (nSPS) is 18.5. The molecule has 0 aromatic heterocycles. The molecule has 2 aliphatic rings. The van der Waals surface area contributed by atoms with Crippen LogP contribution in [0.25, 0.3) is 0 Å². The van der Waals surface area contributed by atoms with Crippen molar-refractivity contribution >= 4 is 17.5 Å². The van der Waals surface area contributed by atoms with Crippen molar-refractivity contribution in [1.29, 1.82) is 0 Å². The number of halogens is 1. The summed E-state index contributed by atoms with van der Waals surface area (Å²) in [5.74, 6) is -0.448. The van der Waals surface area contributed by atoms with Crippen LogP contribution in [0.1, 0.15) is 19.3 Å². The molecule has 6 nitrogen and oxygen atoms in total. The van der Waals surface area contributed by atoms with Crippen molar-refractivity contribution in [3.63, 3.8) is 0 Å². The number of piperazine rings is 1. The van der Waals surface area contributed by atoms with Gasteiger partial charge in [-0.3, -0.25) is 9.59 Å². The van der Waals surface area contributed by atoms with Gasteiger partial charge < -0.3 is 20.0 Å². The molecule has 1 aliphatic heterocycles. The number of hydrogen-bond donors (Lipinski definition) is 1. The van der Waals surface area contributed by atoms with E-state index in [0.717, 1.165) is 13.0 Å². The van der Waals surface area contributed by atoms with E-state index in [0.29, 0.717) is 51.3 Å². The first-order valence-electron chi connectivity index (χ1n) is 9.66. The van der Waals surface area contributed by atoms with Crippen molar-refractivity contribution in [2.45, 2.75) is 19.3 Å². The Hall–Kier alpha value is -2.15. The minimum atomic E-state index is -0.863. The largest absolute Gasteiger partial charge is 0.366 e. The zero-order valence-electron chi connectivity index (χ0n) is 16.2. The Labute approximate surface area is 160 Å². The fraction of sp³-hybridized carbons (Fsp3) is 0.600. The van der Waals surface area contributed by atoms with E-state index >= 15 is 0 Å². The summed E-state index contributed by atoms with van der Waals surface area (Å²) >= 11 is 0. The van der Waals surface area contributed by atoms with Gasteiger partial charge in [-0.2, -0.15) is 0 Å². The lowest BCUT2D eigenvalue weighted by molar-refractivity contribution is -0.144. The molecular formula is C20H29FN4O2. The fourth-order valence-corrected chi connectivity index (χ4v) is 3.59. The summed E-state index contributed by atoms with van der Waals surface area (Å²) in [4.78, 5) is 31.3. The molecule has 7 heteroatoms. The van der Waals surface area contributed by atoms with Crippen LogP contribution in [0, 0.1) is 11.2 Å². The SMILES string of the molecule is CN(C)CCCNC(=O)C1(C(=O)N2CCN(c3ccccc3F)CC2)CC1. The second-order valence-electron chi connectivity index (χ2n) is 7.73. The molecule has 1 aliphatic carbocycles. The molecule has 2 fully saturated rings. The lowest BCUT2D eigenvalue weighted by atomic mass is 10.0. The lowest BCUT2D eigenvalue weighted by Crippen LogP contribution is -2.53. The molecule has 0 bridgehead atoms. The van der Waals surface area contributed by atoms with Gasteiger partial charge in [-0.1, -0.05) is 12.1 Å². The van der Waals surface area contributed by atoms with E-state index in [1.165, 1.54) is 6.07 Å². The van der Waals surface area contributed by atoms with Gasteiger partial charge in [0, 0.05) is 32.7 Å². The molecule has 1 N–H and O–H groups in total. The number of amides is 2. The van der Waals surface area contributed by atoms with Gasteiger partial charge in [-0.25, -0.2) is 4.39 Å². The highest BCUT2D eigenvalue weighted by molar-refractivity contribution is 6.07. The third kappa shape index (κ3) is 4.40. The van der Waals surface area contributed by atoms with Crippen molar-refractivity contribution in [2.75, 3.05) is 58.3 Å². The lowest BCUT2D eigenvalue weighted by Gasteiger charge is -2.37. The Morgan fingerprint density at radius 1 is 1.15 bits per heavy atom. The van der Waals surface area contributed by atoms with Crippen molar-refractivity contribution in [1.82, 2.24) is 15.1 Å². The average molecular weight is 376 g/mol. The van der Waals surface area contributed by atoms with E-state index in [4.69, 9.17) is 0 Å². The molecule has 1 saturated carbocycles. The smallest absolute Gasteiger partial charge is 0.238 e. The number of anilines is 1. The van der Waals surface area contributed by atoms with E-state index in [-0.39, 0.29) is 17.6 Å². The van der Waals surface area contributed by atoms with Crippen molar-refractivity contribution < 1.29 is 14.0 Å². The van der Waals surface area contributed by atoms with Gasteiger partial charge in [0.15, 0.2) is 0 Å². The predicted octanol–water partition coefficient (Wildman–Crippen LogP) is 1.32. The molecule has 148 valence electrons. The van der Waals surface area contributed by atoms with E-state index in [2.05, 4.69) is 10.2 Å². The topological polar surface area (TPSA) is 55.9 Å². The van der Waals surface area contributed by atoms with Crippen LogP contribution in [0.3, 0.4) is 0 Å². The van der Waals surface area contributed by atoms with Gasteiger partial charge in [-0.05, 0) is 52.0 Å². The highest BCUT2D eigenvalue weighted by Crippen LogP contribution is 2.47. The van der Waals surface area contributed by atoms with Crippen LogP contribution in [-0.2, 0) is 9.59 Å². The summed E-state index contributed by atoms with van der Waals surface area (Å²) in [7, 11) is 3.99. The highest BCUT2D eigenvalue weighted by Gasteiger charge is 2.58. The number of benzene rings is 1. The molecule has 1 aromatic rings. The first-order valence-corrected chi connectivity index (χ1v) is 9.66.